The average Bonchev–Trinajstić information content (AvgIpc) is 3.26. The first kappa shape index (κ1) is 22.2. The van der Waals surface area contributed by atoms with Crippen LogP contribution in [0.15, 0.2) is 101 Å². The standard InChI is InChI=1S/C25H24N4OS2/c30-24(26-17-16-20-10-4-1-5-11-20)19-32-25-28-27-23(18-31-22-14-8-3-9-15-22)29(25)21-12-6-2-7-13-21/h1-15H,16-19H2,(H,26,30). The van der Waals surface area contributed by atoms with Gasteiger partial charge in [0, 0.05) is 17.1 Å². The monoisotopic (exact) mass is 460 g/mol. The van der Waals surface area contributed by atoms with Gasteiger partial charge in [-0.15, -0.1) is 22.0 Å². The summed E-state index contributed by atoms with van der Waals surface area (Å²) in [4.78, 5) is 13.6. The molecule has 0 bridgehead atoms. The molecule has 0 saturated heterocycles. The van der Waals surface area contributed by atoms with Crippen LogP contribution in [0.25, 0.3) is 5.69 Å². The zero-order valence-corrected chi connectivity index (χ0v) is 19.2. The van der Waals surface area contributed by atoms with Crippen LogP contribution >= 0.6 is 23.5 Å². The minimum absolute atomic E-state index is 0.00578. The van der Waals surface area contributed by atoms with Gasteiger partial charge in [0.1, 0.15) is 5.82 Å². The Kier molecular flexibility index (Phi) is 8.00. The van der Waals surface area contributed by atoms with Gasteiger partial charge in [0.15, 0.2) is 5.16 Å². The van der Waals surface area contributed by atoms with Crippen LogP contribution in [-0.4, -0.2) is 33.0 Å². The van der Waals surface area contributed by atoms with Crippen LogP contribution in [0, 0.1) is 0 Å². The molecule has 0 aliphatic heterocycles. The quantitative estimate of drug-likeness (QED) is 0.337. The summed E-state index contributed by atoms with van der Waals surface area (Å²) >= 11 is 3.12. The number of carbonyl (C=O) groups excluding carboxylic acids is 1. The predicted octanol–water partition coefficient (Wildman–Crippen LogP) is 5.01. The number of thioether (sulfide) groups is 2. The number of aromatic nitrogens is 3. The summed E-state index contributed by atoms with van der Waals surface area (Å²) in [5.74, 6) is 1.84. The Morgan fingerprint density at radius 2 is 1.47 bits per heavy atom. The number of nitrogens with one attached hydrogen (secondary N) is 1. The second kappa shape index (κ2) is 11.5. The molecule has 0 atom stereocenters. The number of amides is 1. The third-order valence-corrected chi connectivity index (χ3v) is 6.67. The number of carbonyl (C=O) groups is 1. The Balaban J connectivity index is 1.39. The highest BCUT2D eigenvalue weighted by Crippen LogP contribution is 2.27. The summed E-state index contributed by atoms with van der Waals surface area (Å²) in [6.07, 6.45) is 0.818. The maximum Gasteiger partial charge on any atom is 0.230 e. The highest BCUT2D eigenvalue weighted by atomic mass is 32.2. The normalized spacial score (nSPS) is 10.8. The molecule has 1 amide bonds. The summed E-state index contributed by atoms with van der Waals surface area (Å²) in [6.45, 7) is 0.619. The highest BCUT2D eigenvalue weighted by molar-refractivity contribution is 7.99. The van der Waals surface area contributed by atoms with E-state index in [2.05, 4.69) is 39.8 Å². The van der Waals surface area contributed by atoms with Crippen LogP contribution in [0.3, 0.4) is 0 Å². The van der Waals surface area contributed by atoms with Gasteiger partial charge in [0.05, 0.1) is 11.5 Å². The Morgan fingerprint density at radius 1 is 0.812 bits per heavy atom. The lowest BCUT2D eigenvalue weighted by Gasteiger charge is -2.10. The lowest BCUT2D eigenvalue weighted by Crippen LogP contribution is -2.27. The van der Waals surface area contributed by atoms with Gasteiger partial charge in [-0.2, -0.15) is 0 Å². The summed E-state index contributed by atoms with van der Waals surface area (Å²) in [7, 11) is 0. The Hall–Kier alpha value is -3.03. The summed E-state index contributed by atoms with van der Waals surface area (Å²) in [5, 5.41) is 12.5. The van der Waals surface area contributed by atoms with Gasteiger partial charge in [0.2, 0.25) is 5.91 Å². The number of benzene rings is 3. The van der Waals surface area contributed by atoms with E-state index in [1.807, 2.05) is 71.3 Å². The molecule has 3 aromatic carbocycles. The van der Waals surface area contributed by atoms with Crippen LogP contribution in [0.2, 0.25) is 0 Å². The van der Waals surface area contributed by atoms with Crippen molar-refractivity contribution in [3.8, 4) is 5.69 Å². The lowest BCUT2D eigenvalue weighted by atomic mass is 10.1. The molecule has 0 radical (unpaired) electrons. The summed E-state index contributed by atoms with van der Waals surface area (Å²) in [6, 6.07) is 30.4. The Morgan fingerprint density at radius 3 is 2.19 bits per heavy atom. The molecule has 32 heavy (non-hydrogen) atoms. The van der Waals surface area contributed by atoms with E-state index < -0.39 is 0 Å². The summed E-state index contributed by atoms with van der Waals surface area (Å²) < 4.78 is 2.04. The molecule has 5 nitrogen and oxygen atoms in total. The van der Waals surface area contributed by atoms with Crippen molar-refractivity contribution >= 4 is 29.4 Å². The second-order valence-electron chi connectivity index (χ2n) is 7.05. The van der Waals surface area contributed by atoms with Crippen molar-refractivity contribution in [2.45, 2.75) is 22.2 Å². The van der Waals surface area contributed by atoms with E-state index in [9.17, 15) is 4.79 Å². The molecule has 0 fully saturated rings. The van der Waals surface area contributed by atoms with E-state index in [0.717, 1.165) is 23.1 Å². The predicted molar refractivity (Wildman–Crippen MR) is 131 cm³/mol. The maximum absolute atomic E-state index is 12.4. The molecule has 1 aromatic heterocycles. The van der Waals surface area contributed by atoms with Gasteiger partial charge in [-0.05, 0) is 36.2 Å². The molecule has 0 unspecified atom stereocenters. The van der Waals surface area contributed by atoms with Gasteiger partial charge in [-0.1, -0.05) is 78.5 Å². The van der Waals surface area contributed by atoms with Crippen molar-refractivity contribution in [3.05, 3.63) is 102 Å². The zero-order chi connectivity index (χ0) is 22.0. The average molecular weight is 461 g/mol. The second-order valence-corrected chi connectivity index (χ2v) is 9.04. The van der Waals surface area contributed by atoms with Crippen molar-refractivity contribution in [1.82, 2.24) is 20.1 Å². The first-order chi connectivity index (χ1) is 15.8. The van der Waals surface area contributed by atoms with Crippen LogP contribution < -0.4 is 5.32 Å². The lowest BCUT2D eigenvalue weighted by molar-refractivity contribution is -0.118. The topological polar surface area (TPSA) is 59.8 Å². The first-order valence-corrected chi connectivity index (χ1v) is 12.4. The van der Waals surface area contributed by atoms with Gasteiger partial charge >= 0.3 is 0 Å². The fraction of sp³-hybridized carbons (Fsp3) is 0.160. The molecule has 0 saturated carbocycles. The Labute approximate surface area is 196 Å². The van der Waals surface area contributed by atoms with E-state index in [1.165, 1.54) is 22.2 Å². The number of hydrogen-bond acceptors (Lipinski definition) is 5. The van der Waals surface area contributed by atoms with Gasteiger partial charge < -0.3 is 5.32 Å². The minimum Gasteiger partial charge on any atom is -0.355 e. The smallest absolute Gasteiger partial charge is 0.230 e. The molecular weight excluding hydrogens is 436 g/mol. The van der Waals surface area contributed by atoms with Gasteiger partial charge in [0.25, 0.3) is 0 Å². The first-order valence-electron chi connectivity index (χ1n) is 10.4. The van der Waals surface area contributed by atoms with Crippen LogP contribution in [-0.2, 0) is 17.0 Å². The molecule has 0 aliphatic carbocycles. The number of nitrogens with zero attached hydrogens (tertiary/aromatic N) is 3. The molecule has 4 rings (SSSR count). The third kappa shape index (κ3) is 6.24. The van der Waals surface area contributed by atoms with Gasteiger partial charge in [-0.25, -0.2) is 0 Å². The fourth-order valence-electron chi connectivity index (χ4n) is 3.16. The number of hydrogen-bond donors (Lipinski definition) is 1. The van der Waals surface area contributed by atoms with Crippen LogP contribution in [0.5, 0.6) is 0 Å². The highest BCUT2D eigenvalue weighted by Gasteiger charge is 2.16. The minimum atomic E-state index is -0.00578. The molecule has 0 aliphatic rings. The van der Waals surface area contributed by atoms with E-state index in [4.69, 9.17) is 0 Å². The Bertz CT molecular complexity index is 1120. The van der Waals surface area contributed by atoms with E-state index in [0.29, 0.717) is 18.1 Å². The van der Waals surface area contributed by atoms with Crippen LogP contribution in [0.4, 0.5) is 0 Å². The molecule has 0 spiro atoms. The van der Waals surface area contributed by atoms with E-state index >= 15 is 0 Å². The number of para-hydroxylation sites is 1. The van der Waals surface area contributed by atoms with Gasteiger partial charge in [-0.3, -0.25) is 9.36 Å². The number of rotatable bonds is 10. The zero-order valence-electron chi connectivity index (χ0n) is 17.6. The van der Waals surface area contributed by atoms with Crippen molar-refractivity contribution in [2.24, 2.45) is 0 Å². The molecule has 1 heterocycles. The largest absolute Gasteiger partial charge is 0.355 e. The maximum atomic E-state index is 12.4. The summed E-state index contributed by atoms with van der Waals surface area (Å²) in [5.41, 5.74) is 2.21. The van der Waals surface area contributed by atoms with Crippen molar-refractivity contribution in [2.75, 3.05) is 12.3 Å². The van der Waals surface area contributed by atoms with Crippen LogP contribution in [0.1, 0.15) is 11.4 Å². The molecule has 1 N–H and O–H groups in total. The SMILES string of the molecule is O=C(CSc1nnc(CSc2ccccc2)n1-c1ccccc1)NCCc1ccccc1. The van der Waals surface area contributed by atoms with E-state index in [-0.39, 0.29) is 5.91 Å². The molecule has 4 aromatic rings. The molecule has 7 heteroatoms. The third-order valence-electron chi connectivity index (χ3n) is 4.74. The van der Waals surface area contributed by atoms with Crippen molar-refractivity contribution in [3.63, 3.8) is 0 Å². The van der Waals surface area contributed by atoms with E-state index in [1.54, 1.807) is 11.8 Å². The fourth-order valence-corrected chi connectivity index (χ4v) is 4.79. The molecular formula is C25H24N4OS2. The van der Waals surface area contributed by atoms with Crippen molar-refractivity contribution in [1.29, 1.82) is 0 Å². The molecule has 162 valence electrons. The van der Waals surface area contributed by atoms with Crippen molar-refractivity contribution < 1.29 is 4.79 Å².